The van der Waals surface area contributed by atoms with Gasteiger partial charge >= 0.3 is 0 Å². The Morgan fingerprint density at radius 1 is 0.966 bits per heavy atom. The van der Waals surface area contributed by atoms with Gasteiger partial charge in [-0.3, -0.25) is 4.79 Å². The molecule has 2 aromatic rings. The van der Waals surface area contributed by atoms with Crippen LogP contribution in [0.15, 0.2) is 42.5 Å². The van der Waals surface area contributed by atoms with Gasteiger partial charge in [-0.15, -0.1) is 0 Å². The molecule has 0 radical (unpaired) electrons. The summed E-state index contributed by atoms with van der Waals surface area (Å²) in [5.74, 6) is 0.703. The van der Waals surface area contributed by atoms with Crippen molar-refractivity contribution in [3.8, 4) is 5.75 Å². The number of piperidine rings is 1. The number of benzene rings is 2. The number of fused-ring (bicyclic) bond motifs is 1. The maximum Gasteiger partial charge on any atom is 0.258 e. The van der Waals surface area contributed by atoms with Gasteiger partial charge < -0.3 is 15.0 Å². The molecular weight excluding hydrogens is 360 g/mol. The summed E-state index contributed by atoms with van der Waals surface area (Å²) < 4.78 is 5.75. The fourth-order valence-corrected chi connectivity index (χ4v) is 4.44. The second kappa shape index (κ2) is 9.34. The monoisotopic (exact) mass is 392 g/mol. The number of rotatable bonds is 6. The maximum absolute atomic E-state index is 12.4. The molecule has 29 heavy (non-hydrogen) atoms. The Balaban J connectivity index is 1.28. The number of ether oxygens (including phenoxy) is 1. The van der Waals surface area contributed by atoms with Crippen LogP contribution in [0.25, 0.3) is 0 Å². The number of nitrogens with zero attached hydrogens (tertiary/aromatic N) is 1. The van der Waals surface area contributed by atoms with Crippen LogP contribution in [-0.4, -0.2) is 25.6 Å². The fraction of sp³-hybridized carbons (Fsp3) is 0.480. The van der Waals surface area contributed by atoms with Crippen LogP contribution >= 0.6 is 0 Å². The molecule has 1 aliphatic carbocycles. The molecule has 1 N–H and O–H groups in total. The predicted octanol–water partition coefficient (Wildman–Crippen LogP) is 4.81. The number of carbonyl (C=O) groups is 1. The van der Waals surface area contributed by atoms with Crippen LogP contribution in [0.2, 0.25) is 0 Å². The van der Waals surface area contributed by atoms with Crippen LogP contribution in [0.3, 0.4) is 0 Å². The molecular formula is C25H32N2O2. The van der Waals surface area contributed by atoms with Gasteiger partial charge in [0, 0.05) is 18.8 Å². The van der Waals surface area contributed by atoms with E-state index in [9.17, 15) is 4.79 Å². The maximum atomic E-state index is 12.4. The highest BCUT2D eigenvalue weighted by atomic mass is 16.5. The number of amides is 1. The van der Waals surface area contributed by atoms with Gasteiger partial charge in [0.1, 0.15) is 5.75 Å². The molecule has 1 saturated heterocycles. The minimum absolute atomic E-state index is 0.0370. The van der Waals surface area contributed by atoms with Crippen molar-refractivity contribution in [2.75, 3.05) is 24.6 Å². The first-order valence-electron chi connectivity index (χ1n) is 11.1. The molecule has 0 spiro atoms. The highest BCUT2D eigenvalue weighted by molar-refractivity contribution is 5.78. The lowest BCUT2D eigenvalue weighted by molar-refractivity contribution is -0.123. The van der Waals surface area contributed by atoms with Gasteiger partial charge in [-0.05, 0) is 92.8 Å². The topological polar surface area (TPSA) is 41.6 Å². The van der Waals surface area contributed by atoms with E-state index in [1.807, 2.05) is 13.0 Å². The molecule has 4 rings (SSSR count). The Labute approximate surface area is 174 Å². The Morgan fingerprint density at radius 3 is 2.45 bits per heavy atom. The van der Waals surface area contributed by atoms with Crippen molar-refractivity contribution in [1.82, 2.24) is 5.32 Å². The molecule has 0 aromatic heterocycles. The summed E-state index contributed by atoms with van der Waals surface area (Å²) in [6.07, 6.45) is 8.67. The average molecular weight is 393 g/mol. The standard InChI is InChI=1S/C25H32N2O2/c1-19(20-9-12-23(13-10-20)27-15-5-2-6-16-27)26-25(28)18-29-24-14-11-21-7-3-4-8-22(21)17-24/h9-14,17,19H,2-8,15-16,18H2,1H3,(H,26,28)/t19-/m0/s1. The molecule has 2 aliphatic rings. The van der Waals surface area contributed by atoms with Gasteiger partial charge in [0.15, 0.2) is 6.61 Å². The lowest BCUT2D eigenvalue weighted by Gasteiger charge is -2.29. The van der Waals surface area contributed by atoms with Crippen LogP contribution in [0.5, 0.6) is 5.75 Å². The summed E-state index contributed by atoms with van der Waals surface area (Å²) in [5, 5.41) is 3.05. The second-order valence-electron chi connectivity index (χ2n) is 8.35. The van der Waals surface area contributed by atoms with Gasteiger partial charge in [0.25, 0.3) is 5.91 Å². The first-order chi connectivity index (χ1) is 14.2. The SMILES string of the molecule is C[C@H](NC(=O)COc1ccc2c(c1)CCCC2)c1ccc(N2CCCCC2)cc1. The zero-order valence-corrected chi connectivity index (χ0v) is 17.5. The third-order valence-electron chi connectivity index (χ3n) is 6.18. The zero-order valence-electron chi connectivity index (χ0n) is 17.5. The molecule has 4 heteroatoms. The molecule has 1 heterocycles. The number of aryl methyl sites for hydroxylation is 2. The van der Waals surface area contributed by atoms with Crippen molar-refractivity contribution < 1.29 is 9.53 Å². The van der Waals surface area contributed by atoms with Crippen molar-refractivity contribution >= 4 is 11.6 Å². The zero-order chi connectivity index (χ0) is 20.1. The summed E-state index contributed by atoms with van der Waals surface area (Å²) >= 11 is 0. The molecule has 1 fully saturated rings. The number of hydrogen-bond donors (Lipinski definition) is 1. The first kappa shape index (κ1) is 19.8. The minimum Gasteiger partial charge on any atom is -0.484 e. The van der Waals surface area contributed by atoms with E-state index in [1.165, 1.54) is 48.9 Å². The molecule has 0 bridgehead atoms. The molecule has 0 saturated carbocycles. The highest BCUT2D eigenvalue weighted by Gasteiger charge is 2.14. The lowest BCUT2D eigenvalue weighted by Crippen LogP contribution is -2.31. The molecule has 1 aliphatic heterocycles. The second-order valence-corrected chi connectivity index (χ2v) is 8.35. The van der Waals surface area contributed by atoms with Gasteiger partial charge in [-0.2, -0.15) is 0 Å². The Bertz CT molecular complexity index is 825. The molecule has 154 valence electrons. The van der Waals surface area contributed by atoms with Gasteiger partial charge in [-0.1, -0.05) is 18.2 Å². The molecule has 1 atom stereocenters. The van der Waals surface area contributed by atoms with Gasteiger partial charge in [0.05, 0.1) is 6.04 Å². The molecule has 4 nitrogen and oxygen atoms in total. The van der Waals surface area contributed by atoms with Crippen LogP contribution in [0.4, 0.5) is 5.69 Å². The van der Waals surface area contributed by atoms with E-state index in [-0.39, 0.29) is 18.6 Å². The van der Waals surface area contributed by atoms with Gasteiger partial charge in [0.2, 0.25) is 0 Å². The number of carbonyl (C=O) groups excluding carboxylic acids is 1. The first-order valence-corrected chi connectivity index (χ1v) is 11.1. The van der Waals surface area contributed by atoms with E-state index < -0.39 is 0 Å². The normalized spacial score (nSPS) is 17.3. The summed E-state index contributed by atoms with van der Waals surface area (Å²) in [5.41, 5.74) is 5.20. The fourth-order valence-electron chi connectivity index (χ4n) is 4.44. The third-order valence-corrected chi connectivity index (χ3v) is 6.18. The number of anilines is 1. The van der Waals surface area contributed by atoms with Gasteiger partial charge in [-0.25, -0.2) is 0 Å². The Hall–Kier alpha value is -2.49. The van der Waals surface area contributed by atoms with Crippen LogP contribution in [-0.2, 0) is 17.6 Å². The largest absolute Gasteiger partial charge is 0.484 e. The van der Waals surface area contributed by atoms with Crippen molar-refractivity contribution in [1.29, 1.82) is 0 Å². The van der Waals surface area contributed by atoms with E-state index in [1.54, 1.807) is 0 Å². The summed E-state index contributed by atoms with van der Waals surface area (Å²) in [6, 6.07) is 14.8. The predicted molar refractivity (Wildman–Crippen MR) is 118 cm³/mol. The van der Waals surface area contributed by atoms with Crippen molar-refractivity contribution in [3.05, 3.63) is 59.2 Å². The highest BCUT2D eigenvalue weighted by Crippen LogP contribution is 2.25. The van der Waals surface area contributed by atoms with Crippen LogP contribution in [0.1, 0.15) is 61.8 Å². The number of hydrogen-bond acceptors (Lipinski definition) is 3. The molecule has 0 unspecified atom stereocenters. The van der Waals surface area contributed by atoms with E-state index >= 15 is 0 Å². The summed E-state index contributed by atoms with van der Waals surface area (Å²) in [7, 11) is 0. The van der Waals surface area contributed by atoms with Crippen molar-refractivity contribution in [2.45, 2.75) is 57.9 Å². The van der Waals surface area contributed by atoms with Crippen LogP contribution in [0, 0.1) is 0 Å². The van der Waals surface area contributed by atoms with Crippen LogP contribution < -0.4 is 15.0 Å². The molecule has 2 aromatic carbocycles. The van der Waals surface area contributed by atoms with E-state index in [2.05, 4.69) is 46.6 Å². The Kier molecular flexibility index (Phi) is 6.38. The smallest absolute Gasteiger partial charge is 0.258 e. The average Bonchev–Trinajstić information content (AvgIpc) is 2.78. The van der Waals surface area contributed by atoms with E-state index in [4.69, 9.17) is 4.74 Å². The number of nitrogens with one attached hydrogen (secondary N) is 1. The van der Waals surface area contributed by atoms with Crippen molar-refractivity contribution in [2.24, 2.45) is 0 Å². The molecule has 1 amide bonds. The Morgan fingerprint density at radius 2 is 1.69 bits per heavy atom. The summed E-state index contributed by atoms with van der Waals surface area (Å²) in [4.78, 5) is 14.8. The minimum atomic E-state index is -0.0877. The van der Waals surface area contributed by atoms with E-state index in [0.717, 1.165) is 37.2 Å². The van der Waals surface area contributed by atoms with Crippen molar-refractivity contribution in [3.63, 3.8) is 0 Å². The summed E-state index contributed by atoms with van der Waals surface area (Å²) in [6.45, 7) is 4.36. The van der Waals surface area contributed by atoms with E-state index in [0.29, 0.717) is 0 Å². The third kappa shape index (κ3) is 5.11. The lowest BCUT2D eigenvalue weighted by atomic mass is 9.92. The quantitative estimate of drug-likeness (QED) is 0.767.